The standard InChI is InChI=1S/C16H18N2O4S/c19-16(20)14-11-23-15(17-14)12-1-3-13(4-2-12)22-10-7-18-5-8-21-9-6-18/h1-4,11H,5-10H2,(H,19,20). The fourth-order valence-corrected chi connectivity index (χ4v) is 3.12. The van der Waals surface area contributed by atoms with Gasteiger partial charge in [0.1, 0.15) is 17.4 Å². The first-order valence-electron chi connectivity index (χ1n) is 7.44. The number of hydrogen-bond donors (Lipinski definition) is 1. The van der Waals surface area contributed by atoms with Crippen molar-refractivity contribution in [3.63, 3.8) is 0 Å². The van der Waals surface area contributed by atoms with Crippen LogP contribution in [0.2, 0.25) is 0 Å². The van der Waals surface area contributed by atoms with E-state index in [-0.39, 0.29) is 5.69 Å². The van der Waals surface area contributed by atoms with E-state index in [0.717, 1.165) is 44.2 Å². The highest BCUT2D eigenvalue weighted by molar-refractivity contribution is 7.13. The summed E-state index contributed by atoms with van der Waals surface area (Å²) in [5, 5.41) is 11.1. The van der Waals surface area contributed by atoms with Gasteiger partial charge < -0.3 is 14.6 Å². The molecule has 0 radical (unpaired) electrons. The van der Waals surface area contributed by atoms with Crippen molar-refractivity contribution in [2.75, 3.05) is 39.5 Å². The summed E-state index contributed by atoms with van der Waals surface area (Å²) in [7, 11) is 0. The zero-order chi connectivity index (χ0) is 16.1. The predicted molar refractivity (Wildman–Crippen MR) is 87.3 cm³/mol. The number of hydrogen-bond acceptors (Lipinski definition) is 6. The highest BCUT2D eigenvalue weighted by Crippen LogP contribution is 2.25. The first kappa shape index (κ1) is 15.9. The van der Waals surface area contributed by atoms with Crippen LogP contribution in [0.25, 0.3) is 10.6 Å². The lowest BCUT2D eigenvalue weighted by Gasteiger charge is -2.26. The molecule has 0 amide bonds. The van der Waals surface area contributed by atoms with E-state index >= 15 is 0 Å². The molecule has 1 aliphatic heterocycles. The minimum atomic E-state index is -1.00. The largest absolute Gasteiger partial charge is 0.492 e. The topological polar surface area (TPSA) is 71.9 Å². The summed E-state index contributed by atoms with van der Waals surface area (Å²) in [6.45, 7) is 5.03. The summed E-state index contributed by atoms with van der Waals surface area (Å²) in [5.74, 6) is -0.201. The molecule has 0 saturated carbocycles. The van der Waals surface area contributed by atoms with Crippen LogP contribution in [0.4, 0.5) is 0 Å². The number of nitrogens with zero attached hydrogens (tertiary/aromatic N) is 2. The first-order chi connectivity index (χ1) is 11.2. The number of thiazole rings is 1. The van der Waals surface area contributed by atoms with E-state index in [4.69, 9.17) is 14.6 Å². The number of morpholine rings is 1. The Bertz CT molecular complexity index is 650. The average Bonchev–Trinajstić information content (AvgIpc) is 3.07. The summed E-state index contributed by atoms with van der Waals surface area (Å²) in [6, 6.07) is 7.57. The van der Waals surface area contributed by atoms with Crippen LogP contribution in [0.5, 0.6) is 5.75 Å². The molecule has 7 heteroatoms. The maximum atomic E-state index is 10.9. The van der Waals surface area contributed by atoms with Crippen LogP contribution < -0.4 is 4.74 Å². The first-order valence-corrected chi connectivity index (χ1v) is 8.32. The van der Waals surface area contributed by atoms with Crippen LogP contribution in [-0.2, 0) is 4.74 Å². The van der Waals surface area contributed by atoms with Gasteiger partial charge in [-0.3, -0.25) is 4.90 Å². The Morgan fingerprint density at radius 1 is 1.30 bits per heavy atom. The summed E-state index contributed by atoms with van der Waals surface area (Å²) in [4.78, 5) is 17.3. The molecule has 2 aromatic rings. The van der Waals surface area contributed by atoms with Gasteiger partial charge in [0.25, 0.3) is 0 Å². The summed E-state index contributed by atoms with van der Waals surface area (Å²) in [5.41, 5.74) is 0.971. The lowest BCUT2D eigenvalue weighted by molar-refractivity contribution is 0.0322. The quantitative estimate of drug-likeness (QED) is 0.873. The Morgan fingerprint density at radius 2 is 2.04 bits per heavy atom. The van der Waals surface area contributed by atoms with Gasteiger partial charge in [0.2, 0.25) is 0 Å². The second-order valence-corrected chi connectivity index (χ2v) is 6.03. The molecule has 0 spiro atoms. The highest BCUT2D eigenvalue weighted by Gasteiger charge is 2.11. The summed E-state index contributed by atoms with van der Waals surface area (Å²) >= 11 is 1.32. The molecule has 0 unspecified atom stereocenters. The molecule has 1 aromatic carbocycles. The molecule has 0 bridgehead atoms. The van der Waals surface area contributed by atoms with Gasteiger partial charge >= 0.3 is 5.97 Å². The molecular formula is C16H18N2O4S. The van der Waals surface area contributed by atoms with Crippen molar-refractivity contribution in [1.29, 1.82) is 0 Å². The van der Waals surface area contributed by atoms with Crippen LogP contribution in [0.1, 0.15) is 10.5 Å². The van der Waals surface area contributed by atoms with Crippen molar-refractivity contribution >= 4 is 17.3 Å². The average molecular weight is 334 g/mol. The molecule has 2 heterocycles. The van der Waals surface area contributed by atoms with Gasteiger partial charge in [0.05, 0.1) is 13.2 Å². The third-order valence-corrected chi connectivity index (χ3v) is 4.50. The Kier molecular flexibility index (Phi) is 5.22. The number of aromatic nitrogens is 1. The molecule has 1 aromatic heterocycles. The predicted octanol–water partition coefficient (Wildman–Crippen LogP) is 2.22. The Balaban J connectivity index is 1.53. The molecule has 3 rings (SSSR count). The van der Waals surface area contributed by atoms with Crippen molar-refractivity contribution in [3.8, 4) is 16.3 Å². The Hall–Kier alpha value is -1.96. The Morgan fingerprint density at radius 3 is 2.70 bits per heavy atom. The van der Waals surface area contributed by atoms with E-state index in [2.05, 4.69) is 9.88 Å². The molecule has 1 N–H and O–H groups in total. The zero-order valence-corrected chi connectivity index (χ0v) is 13.4. The van der Waals surface area contributed by atoms with E-state index in [0.29, 0.717) is 11.6 Å². The number of ether oxygens (including phenoxy) is 2. The minimum absolute atomic E-state index is 0.0795. The van der Waals surface area contributed by atoms with Crippen LogP contribution in [0.15, 0.2) is 29.6 Å². The van der Waals surface area contributed by atoms with Crippen molar-refractivity contribution in [1.82, 2.24) is 9.88 Å². The van der Waals surface area contributed by atoms with Crippen LogP contribution in [0, 0.1) is 0 Å². The molecule has 6 nitrogen and oxygen atoms in total. The maximum absolute atomic E-state index is 10.9. The lowest BCUT2D eigenvalue weighted by atomic mass is 10.2. The molecule has 1 aliphatic rings. The SMILES string of the molecule is O=C(O)c1csc(-c2ccc(OCCN3CCOCC3)cc2)n1. The fraction of sp³-hybridized carbons (Fsp3) is 0.375. The maximum Gasteiger partial charge on any atom is 0.355 e. The number of rotatable bonds is 6. The van der Waals surface area contributed by atoms with E-state index in [9.17, 15) is 4.79 Å². The van der Waals surface area contributed by atoms with Gasteiger partial charge in [0, 0.05) is 30.6 Å². The lowest BCUT2D eigenvalue weighted by Crippen LogP contribution is -2.38. The number of carbonyl (C=O) groups is 1. The zero-order valence-electron chi connectivity index (χ0n) is 12.6. The smallest absolute Gasteiger partial charge is 0.355 e. The number of carboxylic acid groups (broad SMARTS) is 1. The van der Waals surface area contributed by atoms with Gasteiger partial charge in [0.15, 0.2) is 5.69 Å². The molecule has 1 saturated heterocycles. The molecular weight excluding hydrogens is 316 g/mol. The highest BCUT2D eigenvalue weighted by atomic mass is 32.1. The van der Waals surface area contributed by atoms with Crippen molar-refractivity contribution in [2.45, 2.75) is 0 Å². The van der Waals surface area contributed by atoms with E-state index in [1.807, 2.05) is 24.3 Å². The van der Waals surface area contributed by atoms with Gasteiger partial charge in [-0.15, -0.1) is 11.3 Å². The fourth-order valence-electron chi connectivity index (χ4n) is 2.32. The second kappa shape index (κ2) is 7.54. The summed E-state index contributed by atoms with van der Waals surface area (Å²) < 4.78 is 11.1. The van der Waals surface area contributed by atoms with Crippen molar-refractivity contribution in [2.24, 2.45) is 0 Å². The third-order valence-electron chi connectivity index (χ3n) is 3.60. The Labute approximate surface area is 138 Å². The van der Waals surface area contributed by atoms with Gasteiger partial charge in [-0.1, -0.05) is 0 Å². The molecule has 23 heavy (non-hydrogen) atoms. The monoisotopic (exact) mass is 334 g/mol. The molecule has 122 valence electrons. The normalized spacial score (nSPS) is 15.5. The molecule has 0 aliphatic carbocycles. The van der Waals surface area contributed by atoms with Gasteiger partial charge in [-0.25, -0.2) is 9.78 Å². The van der Waals surface area contributed by atoms with Crippen LogP contribution in [0.3, 0.4) is 0 Å². The second-order valence-electron chi connectivity index (χ2n) is 5.17. The van der Waals surface area contributed by atoms with Crippen molar-refractivity contribution < 1.29 is 19.4 Å². The molecule has 0 atom stereocenters. The number of aromatic carboxylic acids is 1. The minimum Gasteiger partial charge on any atom is -0.492 e. The van der Waals surface area contributed by atoms with E-state index in [1.165, 1.54) is 11.3 Å². The van der Waals surface area contributed by atoms with Gasteiger partial charge in [-0.2, -0.15) is 0 Å². The van der Waals surface area contributed by atoms with Crippen LogP contribution in [-0.4, -0.2) is 60.4 Å². The number of carboxylic acids is 1. The van der Waals surface area contributed by atoms with Crippen molar-refractivity contribution in [3.05, 3.63) is 35.3 Å². The van der Waals surface area contributed by atoms with E-state index < -0.39 is 5.97 Å². The van der Waals surface area contributed by atoms with E-state index in [1.54, 1.807) is 5.38 Å². The third kappa shape index (κ3) is 4.28. The number of benzene rings is 1. The van der Waals surface area contributed by atoms with Gasteiger partial charge in [-0.05, 0) is 24.3 Å². The van der Waals surface area contributed by atoms with Crippen LogP contribution >= 0.6 is 11.3 Å². The molecule has 1 fully saturated rings. The summed E-state index contributed by atoms with van der Waals surface area (Å²) in [6.07, 6.45) is 0.